The fourth-order valence-electron chi connectivity index (χ4n) is 0.408. The van der Waals surface area contributed by atoms with Crippen molar-refractivity contribution in [1.29, 1.82) is 0 Å². The normalized spacial score (nSPS) is 18.8. The zero-order valence-corrected chi connectivity index (χ0v) is 6.19. The third-order valence-electron chi connectivity index (χ3n) is 1.92. The zero-order chi connectivity index (χ0) is 6.78. The summed E-state index contributed by atoms with van der Waals surface area (Å²) in [6.07, 6.45) is 0.727. The molecule has 0 heterocycles. The van der Waals surface area contributed by atoms with Gasteiger partial charge < -0.3 is 0 Å². The summed E-state index contributed by atoms with van der Waals surface area (Å²) >= 11 is 0. The Morgan fingerprint density at radius 3 is 1.88 bits per heavy atom. The first-order valence-corrected chi connectivity index (χ1v) is 3.21. The average Bonchev–Trinajstić information content (AvgIpc) is 1.67. The Hall–Kier alpha value is -0.0400. The molecule has 0 aliphatic rings. The second kappa shape index (κ2) is 2.49. The van der Waals surface area contributed by atoms with E-state index < -0.39 is 5.60 Å². The Kier molecular flexibility index (Phi) is 2.48. The van der Waals surface area contributed by atoms with Gasteiger partial charge >= 0.3 is 0 Å². The van der Waals surface area contributed by atoms with Crippen LogP contribution in [0.2, 0.25) is 0 Å². The molecule has 0 fully saturated rings. The summed E-state index contributed by atoms with van der Waals surface area (Å²) in [5.41, 5.74) is -0.708. The Morgan fingerprint density at radius 1 is 1.50 bits per heavy atom. The summed E-state index contributed by atoms with van der Waals surface area (Å²) in [6, 6.07) is 0. The highest BCUT2D eigenvalue weighted by atomic mass is 16.3. The smallest absolute Gasteiger partial charge is 0.103 e. The van der Waals surface area contributed by atoms with E-state index in [1.54, 1.807) is 6.92 Å². The third kappa shape index (κ3) is 1.83. The molecule has 0 spiro atoms. The van der Waals surface area contributed by atoms with Crippen molar-refractivity contribution in [3.05, 3.63) is 0 Å². The monoisotopic (exact) mass is 115 g/mol. The third-order valence-corrected chi connectivity index (χ3v) is 1.92. The predicted octanol–water partition coefficient (Wildman–Crippen LogP) is 2.24. The van der Waals surface area contributed by atoms with Crippen molar-refractivity contribution in [2.45, 2.75) is 39.7 Å². The highest BCUT2D eigenvalue weighted by Crippen LogP contribution is 2.19. The average molecular weight is 115 g/mol. The van der Waals surface area contributed by atoms with Crippen molar-refractivity contribution in [2.75, 3.05) is 0 Å². The number of hydrogen-bond acceptors (Lipinski definition) is 0. The largest absolute Gasteiger partial charge is 0.230 e. The molecular weight excluding hydrogens is 100 g/mol. The van der Waals surface area contributed by atoms with Gasteiger partial charge in [0.25, 0.3) is 0 Å². The highest BCUT2D eigenvalue weighted by molar-refractivity contribution is 4.72. The molecule has 0 N–H and O–H groups in total. The molecular formula is C7H15O. The van der Waals surface area contributed by atoms with Crippen LogP contribution in [0.15, 0.2) is 0 Å². The Bertz CT molecular complexity index is 64.8. The molecule has 1 unspecified atom stereocenters. The van der Waals surface area contributed by atoms with Gasteiger partial charge in [-0.25, -0.2) is 5.11 Å². The first-order valence-electron chi connectivity index (χ1n) is 3.21. The van der Waals surface area contributed by atoms with E-state index in [1.165, 1.54) is 0 Å². The maximum absolute atomic E-state index is 11.2. The van der Waals surface area contributed by atoms with Crippen molar-refractivity contribution < 1.29 is 5.11 Å². The van der Waals surface area contributed by atoms with E-state index in [9.17, 15) is 5.11 Å². The SMILES string of the molecule is CCC(C)([O])C(C)C. The van der Waals surface area contributed by atoms with E-state index in [0.717, 1.165) is 6.42 Å². The zero-order valence-electron chi connectivity index (χ0n) is 6.19. The molecule has 1 atom stereocenters. The minimum Gasteiger partial charge on any atom is -0.230 e. The molecule has 0 saturated heterocycles. The van der Waals surface area contributed by atoms with Crippen molar-refractivity contribution in [3.8, 4) is 0 Å². The fraction of sp³-hybridized carbons (Fsp3) is 1.00. The van der Waals surface area contributed by atoms with Gasteiger partial charge in [-0.1, -0.05) is 20.8 Å². The maximum Gasteiger partial charge on any atom is 0.103 e. The van der Waals surface area contributed by atoms with Crippen LogP contribution in [0.5, 0.6) is 0 Å². The molecule has 0 bridgehead atoms. The minimum absolute atomic E-state index is 0.257. The van der Waals surface area contributed by atoms with E-state index in [4.69, 9.17) is 0 Å². The summed E-state index contributed by atoms with van der Waals surface area (Å²) in [5.74, 6) is 0.257. The lowest BCUT2D eigenvalue weighted by molar-refractivity contribution is -0.0542. The summed E-state index contributed by atoms with van der Waals surface area (Å²) in [7, 11) is 0. The van der Waals surface area contributed by atoms with E-state index >= 15 is 0 Å². The first-order chi connectivity index (χ1) is 3.50. The molecule has 1 nitrogen and oxygen atoms in total. The van der Waals surface area contributed by atoms with Crippen molar-refractivity contribution >= 4 is 0 Å². The second-order valence-corrected chi connectivity index (χ2v) is 2.82. The van der Waals surface area contributed by atoms with Crippen LogP contribution in [-0.2, 0) is 5.11 Å². The molecule has 8 heavy (non-hydrogen) atoms. The molecule has 0 amide bonds. The van der Waals surface area contributed by atoms with E-state index in [1.807, 2.05) is 20.8 Å². The summed E-state index contributed by atoms with van der Waals surface area (Å²) in [5, 5.41) is 11.2. The maximum atomic E-state index is 11.2. The minimum atomic E-state index is -0.708. The van der Waals surface area contributed by atoms with Gasteiger partial charge in [0.2, 0.25) is 0 Å². The summed E-state index contributed by atoms with van der Waals surface area (Å²) in [4.78, 5) is 0. The molecule has 0 aliphatic heterocycles. The van der Waals surface area contributed by atoms with E-state index in [-0.39, 0.29) is 5.92 Å². The number of hydrogen-bond donors (Lipinski definition) is 0. The van der Waals surface area contributed by atoms with Crippen LogP contribution in [0.25, 0.3) is 0 Å². The summed E-state index contributed by atoms with van der Waals surface area (Å²) in [6.45, 7) is 7.64. The summed E-state index contributed by atoms with van der Waals surface area (Å²) < 4.78 is 0. The predicted molar refractivity (Wildman–Crippen MR) is 34.2 cm³/mol. The van der Waals surface area contributed by atoms with E-state index in [0.29, 0.717) is 0 Å². The van der Waals surface area contributed by atoms with Gasteiger partial charge in [0.05, 0.1) is 0 Å². The standard InChI is InChI=1S/C7H15O/c1-5-7(4,8)6(2)3/h6H,5H2,1-4H3. The van der Waals surface area contributed by atoms with Gasteiger partial charge in [-0.15, -0.1) is 0 Å². The topological polar surface area (TPSA) is 19.9 Å². The molecule has 0 aromatic rings. The van der Waals surface area contributed by atoms with Crippen LogP contribution in [0, 0.1) is 5.92 Å². The Balaban J connectivity index is 3.71. The molecule has 1 radical (unpaired) electrons. The molecule has 49 valence electrons. The van der Waals surface area contributed by atoms with Gasteiger partial charge in [-0.3, -0.25) is 0 Å². The van der Waals surface area contributed by atoms with Gasteiger partial charge in [0.15, 0.2) is 0 Å². The van der Waals surface area contributed by atoms with Gasteiger partial charge in [-0.05, 0) is 19.3 Å². The molecule has 0 aliphatic carbocycles. The lowest BCUT2D eigenvalue weighted by Crippen LogP contribution is -2.27. The van der Waals surface area contributed by atoms with Gasteiger partial charge in [-0.2, -0.15) is 0 Å². The van der Waals surface area contributed by atoms with Crippen LogP contribution in [0.1, 0.15) is 34.1 Å². The molecule has 0 aromatic carbocycles. The highest BCUT2D eigenvalue weighted by Gasteiger charge is 2.23. The van der Waals surface area contributed by atoms with Crippen LogP contribution < -0.4 is 0 Å². The quantitative estimate of drug-likeness (QED) is 0.526. The lowest BCUT2D eigenvalue weighted by atomic mass is 9.90. The van der Waals surface area contributed by atoms with Crippen molar-refractivity contribution in [1.82, 2.24) is 0 Å². The van der Waals surface area contributed by atoms with E-state index in [2.05, 4.69) is 0 Å². The van der Waals surface area contributed by atoms with Crippen LogP contribution in [0.3, 0.4) is 0 Å². The number of rotatable bonds is 2. The van der Waals surface area contributed by atoms with Gasteiger partial charge in [0.1, 0.15) is 5.60 Å². The second-order valence-electron chi connectivity index (χ2n) is 2.82. The Labute approximate surface area is 51.7 Å². The van der Waals surface area contributed by atoms with Crippen LogP contribution >= 0.6 is 0 Å². The van der Waals surface area contributed by atoms with Crippen LogP contribution in [0.4, 0.5) is 0 Å². The molecule has 1 heteroatoms. The molecule has 0 saturated carbocycles. The Morgan fingerprint density at radius 2 is 1.88 bits per heavy atom. The molecule has 0 rings (SSSR count). The lowest BCUT2D eigenvalue weighted by Gasteiger charge is -2.22. The molecule has 0 aromatic heterocycles. The fourth-order valence-corrected chi connectivity index (χ4v) is 0.408. The van der Waals surface area contributed by atoms with Gasteiger partial charge in [0, 0.05) is 0 Å². The van der Waals surface area contributed by atoms with Crippen molar-refractivity contribution in [3.63, 3.8) is 0 Å². The van der Waals surface area contributed by atoms with Crippen LogP contribution in [-0.4, -0.2) is 5.60 Å². The first kappa shape index (κ1) is 7.96. The van der Waals surface area contributed by atoms with Crippen molar-refractivity contribution in [2.24, 2.45) is 5.92 Å².